The standard InChI is InChI=1S/C18H22N4O4S/c1-2-26-11-9-19-17(24)15-7-6-14(27-15)13-4-3-10-22(13)18(25)12-5-8-16(23)21-20-12/h5-8,13H,2-4,9-11H2,1H3,(H,19,24)(H,21,23)/t13-/m1/s1. The molecule has 0 spiro atoms. The van der Waals surface area contributed by atoms with Gasteiger partial charge in [0.05, 0.1) is 17.5 Å². The van der Waals surface area contributed by atoms with Crippen LogP contribution in [0.3, 0.4) is 0 Å². The third-order valence-corrected chi connectivity index (χ3v) is 5.51. The van der Waals surface area contributed by atoms with E-state index in [9.17, 15) is 14.4 Å². The monoisotopic (exact) mass is 390 g/mol. The molecule has 1 fully saturated rings. The summed E-state index contributed by atoms with van der Waals surface area (Å²) in [6.45, 7) is 4.10. The largest absolute Gasteiger partial charge is 0.380 e. The summed E-state index contributed by atoms with van der Waals surface area (Å²) in [6.07, 6.45) is 1.72. The maximum atomic E-state index is 12.7. The summed E-state index contributed by atoms with van der Waals surface area (Å²) < 4.78 is 5.21. The quantitative estimate of drug-likeness (QED) is 0.699. The van der Waals surface area contributed by atoms with E-state index in [1.54, 1.807) is 11.0 Å². The van der Waals surface area contributed by atoms with Crippen LogP contribution in [0.4, 0.5) is 0 Å². The molecule has 1 saturated heterocycles. The number of hydrogen-bond acceptors (Lipinski definition) is 6. The molecule has 1 aliphatic heterocycles. The van der Waals surface area contributed by atoms with Crippen molar-refractivity contribution in [3.8, 4) is 0 Å². The number of nitrogens with zero attached hydrogens (tertiary/aromatic N) is 2. The van der Waals surface area contributed by atoms with Crippen LogP contribution < -0.4 is 10.9 Å². The van der Waals surface area contributed by atoms with E-state index in [4.69, 9.17) is 4.74 Å². The number of carbonyl (C=O) groups excluding carboxylic acids is 2. The van der Waals surface area contributed by atoms with Crippen molar-refractivity contribution in [3.63, 3.8) is 0 Å². The number of aromatic amines is 1. The molecule has 144 valence electrons. The lowest BCUT2D eigenvalue weighted by atomic mass is 10.2. The van der Waals surface area contributed by atoms with Gasteiger partial charge in [-0.3, -0.25) is 14.4 Å². The third kappa shape index (κ3) is 4.61. The molecule has 0 unspecified atom stereocenters. The number of H-pyrrole nitrogens is 1. The average molecular weight is 390 g/mol. The molecule has 2 amide bonds. The molecule has 1 aliphatic rings. The molecule has 0 saturated carbocycles. The topological polar surface area (TPSA) is 104 Å². The molecule has 2 N–H and O–H groups in total. The van der Waals surface area contributed by atoms with Crippen molar-refractivity contribution in [3.05, 3.63) is 50.1 Å². The van der Waals surface area contributed by atoms with E-state index in [0.717, 1.165) is 17.7 Å². The fraction of sp³-hybridized carbons (Fsp3) is 0.444. The molecule has 0 radical (unpaired) electrons. The molecular weight excluding hydrogens is 368 g/mol. The van der Waals surface area contributed by atoms with Crippen LogP contribution in [0.1, 0.15) is 50.8 Å². The Morgan fingerprint density at radius 1 is 1.37 bits per heavy atom. The van der Waals surface area contributed by atoms with Crippen LogP contribution in [-0.4, -0.2) is 53.2 Å². The maximum absolute atomic E-state index is 12.7. The van der Waals surface area contributed by atoms with E-state index in [-0.39, 0.29) is 29.1 Å². The van der Waals surface area contributed by atoms with Crippen molar-refractivity contribution in [2.75, 3.05) is 26.3 Å². The highest BCUT2D eigenvalue weighted by molar-refractivity contribution is 7.14. The van der Waals surface area contributed by atoms with Crippen LogP contribution in [-0.2, 0) is 4.74 Å². The number of nitrogens with one attached hydrogen (secondary N) is 2. The molecule has 8 nitrogen and oxygen atoms in total. The lowest BCUT2D eigenvalue weighted by molar-refractivity contribution is 0.0730. The summed E-state index contributed by atoms with van der Waals surface area (Å²) in [7, 11) is 0. The highest BCUT2D eigenvalue weighted by Gasteiger charge is 2.32. The second-order valence-electron chi connectivity index (χ2n) is 6.12. The molecule has 0 bridgehead atoms. The predicted molar refractivity (Wildman–Crippen MR) is 101 cm³/mol. The maximum Gasteiger partial charge on any atom is 0.274 e. The summed E-state index contributed by atoms with van der Waals surface area (Å²) in [5, 5.41) is 8.95. The summed E-state index contributed by atoms with van der Waals surface area (Å²) in [6, 6.07) is 6.33. The molecule has 1 atom stereocenters. The van der Waals surface area contributed by atoms with E-state index in [1.807, 2.05) is 13.0 Å². The van der Waals surface area contributed by atoms with E-state index < -0.39 is 0 Å². The minimum absolute atomic E-state index is 0.0822. The first-order valence-electron chi connectivity index (χ1n) is 8.92. The minimum Gasteiger partial charge on any atom is -0.380 e. The molecule has 2 aromatic rings. The third-order valence-electron chi connectivity index (χ3n) is 4.33. The average Bonchev–Trinajstić information content (AvgIpc) is 3.34. The van der Waals surface area contributed by atoms with Crippen LogP contribution in [0.5, 0.6) is 0 Å². The van der Waals surface area contributed by atoms with Crippen molar-refractivity contribution < 1.29 is 14.3 Å². The molecule has 3 rings (SSSR count). The van der Waals surface area contributed by atoms with Gasteiger partial charge in [-0.25, -0.2) is 5.10 Å². The highest BCUT2D eigenvalue weighted by atomic mass is 32.1. The van der Waals surface area contributed by atoms with Crippen molar-refractivity contribution in [2.24, 2.45) is 0 Å². The molecular formula is C18H22N4O4S. The first-order valence-corrected chi connectivity index (χ1v) is 9.74. The Balaban J connectivity index is 1.67. The van der Waals surface area contributed by atoms with Crippen LogP contribution in [0.15, 0.2) is 29.1 Å². The molecule has 2 aromatic heterocycles. The van der Waals surface area contributed by atoms with Crippen LogP contribution in [0, 0.1) is 0 Å². The number of hydrogen-bond donors (Lipinski definition) is 2. The van der Waals surface area contributed by atoms with E-state index in [2.05, 4.69) is 15.5 Å². The second-order valence-corrected chi connectivity index (χ2v) is 7.23. The summed E-state index contributed by atoms with van der Waals surface area (Å²) in [4.78, 5) is 39.4. The Labute approximate surface area is 160 Å². The number of likely N-dealkylation sites (tertiary alicyclic amines) is 1. The van der Waals surface area contributed by atoms with Gasteiger partial charge in [0, 0.05) is 30.6 Å². The van der Waals surface area contributed by atoms with Crippen LogP contribution in [0.25, 0.3) is 0 Å². The molecule has 9 heteroatoms. The van der Waals surface area contributed by atoms with Crippen molar-refractivity contribution in [1.29, 1.82) is 0 Å². The highest BCUT2D eigenvalue weighted by Crippen LogP contribution is 2.36. The lowest BCUT2D eigenvalue weighted by Gasteiger charge is -2.23. The molecule has 27 heavy (non-hydrogen) atoms. The Hall–Kier alpha value is -2.52. The van der Waals surface area contributed by atoms with Gasteiger partial charge in [0.2, 0.25) is 0 Å². The second kappa shape index (κ2) is 8.92. The SMILES string of the molecule is CCOCCNC(=O)c1ccc([C@H]2CCCN2C(=O)c2ccc(=O)[nH]n2)s1. The molecule has 3 heterocycles. The normalized spacial score (nSPS) is 16.5. The zero-order valence-electron chi connectivity index (χ0n) is 15.1. The van der Waals surface area contributed by atoms with Gasteiger partial charge >= 0.3 is 0 Å². The van der Waals surface area contributed by atoms with Crippen LogP contribution >= 0.6 is 11.3 Å². The first-order chi connectivity index (χ1) is 13.1. The smallest absolute Gasteiger partial charge is 0.274 e. The first kappa shape index (κ1) is 19.2. The molecule has 0 aromatic carbocycles. The van der Waals surface area contributed by atoms with Gasteiger partial charge in [0.1, 0.15) is 5.69 Å². The Morgan fingerprint density at radius 2 is 2.22 bits per heavy atom. The van der Waals surface area contributed by atoms with Crippen molar-refractivity contribution in [1.82, 2.24) is 20.4 Å². The fourth-order valence-corrected chi connectivity index (χ4v) is 4.11. The van der Waals surface area contributed by atoms with E-state index in [0.29, 0.717) is 31.2 Å². The zero-order chi connectivity index (χ0) is 19.2. The fourth-order valence-electron chi connectivity index (χ4n) is 3.04. The Bertz CT molecular complexity index is 843. The summed E-state index contributed by atoms with van der Waals surface area (Å²) >= 11 is 1.40. The van der Waals surface area contributed by atoms with Gasteiger partial charge in [-0.2, -0.15) is 5.10 Å². The molecule has 0 aliphatic carbocycles. The Morgan fingerprint density at radius 3 is 2.96 bits per heavy atom. The zero-order valence-corrected chi connectivity index (χ0v) is 15.9. The summed E-state index contributed by atoms with van der Waals surface area (Å²) in [5.41, 5.74) is -0.130. The number of carbonyl (C=O) groups is 2. The number of amides is 2. The minimum atomic E-state index is -0.345. The van der Waals surface area contributed by atoms with Crippen molar-refractivity contribution >= 4 is 23.2 Å². The van der Waals surface area contributed by atoms with E-state index >= 15 is 0 Å². The number of thiophene rings is 1. The van der Waals surface area contributed by atoms with Gasteiger partial charge in [0.15, 0.2) is 0 Å². The van der Waals surface area contributed by atoms with Gasteiger partial charge in [-0.1, -0.05) is 0 Å². The summed E-state index contributed by atoms with van der Waals surface area (Å²) in [5.74, 6) is -0.353. The number of rotatable bonds is 7. The lowest BCUT2D eigenvalue weighted by Crippen LogP contribution is -2.31. The predicted octanol–water partition coefficient (Wildman–Crippen LogP) is 1.57. The van der Waals surface area contributed by atoms with Gasteiger partial charge in [-0.15, -0.1) is 11.3 Å². The van der Waals surface area contributed by atoms with Gasteiger partial charge < -0.3 is 15.0 Å². The van der Waals surface area contributed by atoms with Crippen molar-refractivity contribution in [2.45, 2.75) is 25.8 Å². The van der Waals surface area contributed by atoms with E-state index in [1.165, 1.54) is 23.5 Å². The number of ether oxygens (including phenoxy) is 1. The van der Waals surface area contributed by atoms with Gasteiger partial charge in [-0.05, 0) is 38.0 Å². The Kier molecular flexibility index (Phi) is 6.36. The number of aromatic nitrogens is 2. The van der Waals surface area contributed by atoms with Crippen LogP contribution in [0.2, 0.25) is 0 Å². The van der Waals surface area contributed by atoms with Gasteiger partial charge in [0.25, 0.3) is 17.4 Å².